The molecule has 0 N–H and O–H groups in total. The van der Waals surface area contributed by atoms with Crippen LogP contribution in [0.3, 0.4) is 0 Å². The van der Waals surface area contributed by atoms with Crippen molar-refractivity contribution in [3.63, 3.8) is 0 Å². The summed E-state index contributed by atoms with van der Waals surface area (Å²) in [6, 6.07) is 0. The first-order valence-electron chi connectivity index (χ1n) is 9.93. The Labute approximate surface area is 158 Å². The van der Waals surface area contributed by atoms with E-state index in [1.54, 1.807) is 0 Å². The molecule has 0 aromatic carbocycles. The summed E-state index contributed by atoms with van der Waals surface area (Å²) in [5.41, 5.74) is -0.583. The predicted octanol–water partition coefficient (Wildman–Crippen LogP) is 6.14. The Bertz CT molecular complexity index is 436. The Hall–Kier alpha value is -0.0982. The predicted molar refractivity (Wildman–Crippen MR) is 111 cm³/mol. The fourth-order valence-corrected chi connectivity index (χ4v) is 3.83. The Morgan fingerprint density at radius 3 is 2.00 bits per heavy atom. The number of unbranched alkanes of at least 4 members (excludes halogenated alkanes) is 2. The maximum Gasteiger partial charge on any atom is 0.486 e. The smallest absolute Gasteiger partial charge is 0.411 e. The third-order valence-electron chi connectivity index (χ3n) is 6.10. The normalized spacial score (nSPS) is 21.9. The second-order valence-electron chi connectivity index (χ2n) is 9.92. The molecule has 0 saturated carbocycles. The SMILES string of the molecule is CCCCC[C@@H](C=CB1OC(C)(C)C(C)(C)O1)O[Si](C)(C)C(C)(C)C. The van der Waals surface area contributed by atoms with Gasteiger partial charge in [-0.1, -0.05) is 59.0 Å². The lowest BCUT2D eigenvalue weighted by Crippen LogP contribution is -2.43. The molecule has 0 unspecified atom stereocenters. The van der Waals surface area contributed by atoms with Crippen LogP contribution in [-0.2, 0) is 13.7 Å². The molecule has 1 saturated heterocycles. The highest BCUT2D eigenvalue weighted by atomic mass is 28.4. The van der Waals surface area contributed by atoms with Gasteiger partial charge in [0.25, 0.3) is 0 Å². The molecule has 25 heavy (non-hydrogen) atoms. The van der Waals surface area contributed by atoms with Crippen LogP contribution in [0, 0.1) is 0 Å². The highest BCUT2D eigenvalue weighted by molar-refractivity contribution is 6.74. The molecular weight excluding hydrogens is 327 g/mol. The topological polar surface area (TPSA) is 27.7 Å². The van der Waals surface area contributed by atoms with E-state index in [4.69, 9.17) is 13.7 Å². The molecule has 1 aliphatic heterocycles. The summed E-state index contributed by atoms with van der Waals surface area (Å²) in [5.74, 6) is 2.06. The van der Waals surface area contributed by atoms with Gasteiger partial charge in [-0.2, -0.15) is 0 Å². The van der Waals surface area contributed by atoms with E-state index in [0.717, 1.165) is 6.42 Å². The van der Waals surface area contributed by atoms with Gasteiger partial charge in [0.2, 0.25) is 0 Å². The third kappa shape index (κ3) is 6.23. The Kier molecular flexibility index (Phi) is 7.60. The Morgan fingerprint density at radius 2 is 1.56 bits per heavy atom. The van der Waals surface area contributed by atoms with E-state index >= 15 is 0 Å². The van der Waals surface area contributed by atoms with Crippen molar-refractivity contribution >= 4 is 15.4 Å². The molecule has 3 nitrogen and oxygen atoms in total. The van der Waals surface area contributed by atoms with Gasteiger partial charge < -0.3 is 13.7 Å². The van der Waals surface area contributed by atoms with Crippen LogP contribution in [0.2, 0.25) is 18.1 Å². The van der Waals surface area contributed by atoms with Crippen molar-refractivity contribution in [2.24, 2.45) is 0 Å². The molecule has 0 amide bonds. The minimum absolute atomic E-state index is 0.145. The molecule has 0 radical (unpaired) electrons. The zero-order chi connectivity index (χ0) is 19.5. The maximum absolute atomic E-state index is 6.65. The lowest BCUT2D eigenvalue weighted by Gasteiger charge is -2.38. The van der Waals surface area contributed by atoms with Crippen LogP contribution in [0.1, 0.15) is 81.1 Å². The van der Waals surface area contributed by atoms with Crippen LogP contribution in [-0.4, -0.2) is 32.7 Å². The summed E-state index contributed by atoms with van der Waals surface area (Å²) in [7, 11) is -2.08. The molecule has 0 aromatic rings. The largest absolute Gasteiger partial charge is 0.486 e. The van der Waals surface area contributed by atoms with Crippen LogP contribution in [0.4, 0.5) is 0 Å². The van der Waals surface area contributed by atoms with Crippen molar-refractivity contribution in [2.45, 2.75) is 117 Å². The molecule has 1 aliphatic rings. The second kappa shape index (κ2) is 8.28. The van der Waals surface area contributed by atoms with Gasteiger partial charge in [-0.15, -0.1) is 0 Å². The molecule has 1 heterocycles. The summed E-state index contributed by atoms with van der Waals surface area (Å²) in [5, 5.41) is 0.216. The van der Waals surface area contributed by atoms with Gasteiger partial charge in [-0.25, -0.2) is 0 Å². The molecule has 5 heteroatoms. The Balaban J connectivity index is 2.80. The van der Waals surface area contributed by atoms with Gasteiger partial charge in [0.1, 0.15) is 0 Å². The molecule has 1 atom stereocenters. The highest BCUT2D eigenvalue weighted by Gasteiger charge is 2.50. The number of hydrogen-bond donors (Lipinski definition) is 0. The van der Waals surface area contributed by atoms with Crippen molar-refractivity contribution < 1.29 is 13.7 Å². The average molecular weight is 368 g/mol. The average Bonchev–Trinajstić information content (AvgIpc) is 2.62. The van der Waals surface area contributed by atoms with E-state index in [-0.39, 0.29) is 29.5 Å². The molecule has 1 fully saturated rings. The molecule has 0 aromatic heterocycles. The number of hydrogen-bond acceptors (Lipinski definition) is 3. The number of rotatable bonds is 8. The minimum Gasteiger partial charge on any atom is -0.411 e. The van der Waals surface area contributed by atoms with Crippen molar-refractivity contribution in [1.29, 1.82) is 0 Å². The summed E-state index contributed by atoms with van der Waals surface area (Å²) >= 11 is 0. The molecule has 0 spiro atoms. The molecule has 0 aliphatic carbocycles. The summed E-state index contributed by atoms with van der Waals surface area (Å²) < 4.78 is 18.8. The first-order chi connectivity index (χ1) is 11.2. The minimum atomic E-state index is -1.79. The van der Waals surface area contributed by atoms with Crippen LogP contribution >= 0.6 is 0 Å². The summed E-state index contributed by atoms with van der Waals surface area (Å²) in [6.45, 7) is 22.1. The van der Waals surface area contributed by atoms with Crippen LogP contribution in [0.25, 0.3) is 0 Å². The maximum atomic E-state index is 6.65. The van der Waals surface area contributed by atoms with Crippen molar-refractivity contribution in [2.75, 3.05) is 0 Å². The summed E-state index contributed by atoms with van der Waals surface area (Å²) in [4.78, 5) is 0. The van der Waals surface area contributed by atoms with Crippen LogP contribution in [0.5, 0.6) is 0 Å². The second-order valence-corrected chi connectivity index (χ2v) is 14.7. The van der Waals surface area contributed by atoms with Crippen molar-refractivity contribution in [1.82, 2.24) is 0 Å². The Morgan fingerprint density at radius 1 is 1.04 bits per heavy atom. The van der Waals surface area contributed by atoms with E-state index in [0.29, 0.717) is 0 Å². The van der Waals surface area contributed by atoms with Gasteiger partial charge in [0.05, 0.1) is 17.3 Å². The fraction of sp³-hybridized carbons (Fsp3) is 0.900. The van der Waals surface area contributed by atoms with Crippen molar-refractivity contribution in [3.05, 3.63) is 12.1 Å². The lowest BCUT2D eigenvalue weighted by molar-refractivity contribution is 0.00578. The van der Waals surface area contributed by atoms with E-state index in [1.807, 2.05) is 0 Å². The zero-order valence-corrected chi connectivity index (χ0v) is 19.4. The third-order valence-corrected chi connectivity index (χ3v) is 10.6. The standard InChI is InChI=1S/C20H41BO3Si/c1-11-12-13-14-17(22-25(9,10)18(2,3)4)15-16-21-23-19(5,6)20(7,8)24-21/h15-17H,11-14H2,1-10H3/t17-/m0/s1. The van der Waals surface area contributed by atoms with Gasteiger partial charge in [0, 0.05) is 0 Å². The lowest BCUT2D eigenvalue weighted by atomic mass is 9.89. The fourth-order valence-electron chi connectivity index (χ4n) is 2.53. The molecule has 1 rings (SSSR count). The van der Waals surface area contributed by atoms with Gasteiger partial charge >= 0.3 is 7.12 Å². The zero-order valence-electron chi connectivity index (χ0n) is 18.4. The van der Waals surface area contributed by atoms with Crippen LogP contribution in [0.15, 0.2) is 12.1 Å². The molecule has 146 valence electrons. The van der Waals surface area contributed by atoms with E-state index in [9.17, 15) is 0 Å². The quantitative estimate of drug-likeness (QED) is 0.380. The molecular formula is C20H41BO3Si. The van der Waals surface area contributed by atoms with E-state index in [2.05, 4.69) is 80.5 Å². The van der Waals surface area contributed by atoms with Gasteiger partial charge in [0.15, 0.2) is 8.32 Å². The van der Waals surface area contributed by atoms with Crippen molar-refractivity contribution in [3.8, 4) is 0 Å². The van der Waals surface area contributed by atoms with E-state index in [1.165, 1.54) is 19.3 Å². The molecule has 0 bridgehead atoms. The van der Waals surface area contributed by atoms with Crippen LogP contribution < -0.4 is 0 Å². The highest BCUT2D eigenvalue weighted by Crippen LogP contribution is 2.39. The first kappa shape index (κ1) is 22.9. The van der Waals surface area contributed by atoms with E-state index < -0.39 is 8.32 Å². The monoisotopic (exact) mass is 368 g/mol. The first-order valence-corrected chi connectivity index (χ1v) is 12.8. The summed E-state index contributed by atoms with van der Waals surface area (Å²) in [6.07, 6.45) is 7.07. The van der Waals surface area contributed by atoms with Gasteiger partial charge in [-0.05, 0) is 52.2 Å². The van der Waals surface area contributed by atoms with Gasteiger partial charge in [-0.3, -0.25) is 0 Å².